The number of hydrogen-bond donors (Lipinski definition) is 1. The molecule has 1 aromatic carbocycles. The van der Waals surface area contributed by atoms with Crippen molar-refractivity contribution in [1.29, 1.82) is 0 Å². The average molecular weight is 407 g/mol. The molecule has 30 heavy (non-hydrogen) atoms. The number of nitrogens with one attached hydrogen (secondary N) is 1. The number of hydrogen-bond acceptors (Lipinski definition) is 4. The topological polar surface area (TPSA) is 63.1 Å². The monoisotopic (exact) mass is 407 g/mol. The summed E-state index contributed by atoms with van der Waals surface area (Å²) in [5, 5.41) is 7.73. The Morgan fingerprint density at radius 3 is 2.53 bits per heavy atom. The number of halogens is 1. The zero-order valence-electron chi connectivity index (χ0n) is 17.3. The van der Waals surface area contributed by atoms with E-state index in [1.807, 2.05) is 32.0 Å². The fourth-order valence-corrected chi connectivity index (χ4v) is 4.00. The fraction of sp³-hybridized carbons (Fsp3) is 0.348. The molecule has 6 nitrogen and oxygen atoms in total. The van der Waals surface area contributed by atoms with Gasteiger partial charge in [0, 0.05) is 36.6 Å². The number of piperidine rings is 1. The summed E-state index contributed by atoms with van der Waals surface area (Å²) in [6, 6.07) is 12.3. The van der Waals surface area contributed by atoms with Crippen molar-refractivity contribution in [2.45, 2.75) is 39.2 Å². The third kappa shape index (κ3) is 4.35. The third-order valence-corrected chi connectivity index (χ3v) is 5.68. The molecule has 2 aromatic heterocycles. The lowest BCUT2D eigenvalue weighted by Crippen LogP contribution is -2.45. The number of aromatic nitrogens is 3. The Morgan fingerprint density at radius 1 is 1.13 bits per heavy atom. The van der Waals surface area contributed by atoms with Crippen LogP contribution in [-0.2, 0) is 11.2 Å². The van der Waals surface area contributed by atoms with Crippen LogP contribution in [0.1, 0.15) is 29.8 Å². The molecule has 156 valence electrons. The molecule has 0 unspecified atom stereocenters. The van der Waals surface area contributed by atoms with Crippen molar-refractivity contribution in [1.82, 2.24) is 20.1 Å². The molecule has 4 rings (SSSR count). The van der Waals surface area contributed by atoms with Gasteiger partial charge >= 0.3 is 0 Å². The van der Waals surface area contributed by atoms with Gasteiger partial charge in [-0.2, -0.15) is 5.10 Å². The van der Waals surface area contributed by atoms with Crippen LogP contribution in [0.15, 0.2) is 48.7 Å². The first kappa shape index (κ1) is 20.1. The first-order valence-electron chi connectivity index (χ1n) is 10.3. The van der Waals surface area contributed by atoms with Crippen molar-refractivity contribution in [3.05, 3.63) is 71.4 Å². The number of nitrogens with zero attached hydrogens (tertiary/aromatic N) is 4. The van der Waals surface area contributed by atoms with Gasteiger partial charge in [-0.05, 0) is 63.1 Å². The zero-order valence-corrected chi connectivity index (χ0v) is 17.3. The number of benzene rings is 1. The molecule has 0 aliphatic carbocycles. The molecule has 1 amide bonds. The minimum Gasteiger partial charge on any atom is -0.356 e. The van der Waals surface area contributed by atoms with E-state index in [0.29, 0.717) is 6.42 Å². The van der Waals surface area contributed by atoms with Crippen LogP contribution in [0, 0.1) is 19.7 Å². The minimum atomic E-state index is -0.283. The van der Waals surface area contributed by atoms with E-state index in [1.165, 1.54) is 12.1 Å². The Labute approximate surface area is 175 Å². The molecule has 0 radical (unpaired) electrons. The van der Waals surface area contributed by atoms with Crippen molar-refractivity contribution in [3.8, 4) is 5.69 Å². The number of rotatable bonds is 5. The van der Waals surface area contributed by atoms with Gasteiger partial charge in [0.05, 0.1) is 17.8 Å². The lowest BCUT2D eigenvalue weighted by molar-refractivity contribution is -0.121. The Morgan fingerprint density at radius 2 is 1.87 bits per heavy atom. The van der Waals surface area contributed by atoms with Crippen LogP contribution in [0.25, 0.3) is 5.69 Å². The van der Waals surface area contributed by atoms with Crippen molar-refractivity contribution < 1.29 is 9.18 Å². The molecule has 1 aliphatic rings. The van der Waals surface area contributed by atoms with Crippen molar-refractivity contribution >= 4 is 11.7 Å². The summed E-state index contributed by atoms with van der Waals surface area (Å²) in [5.41, 5.74) is 3.42. The summed E-state index contributed by atoms with van der Waals surface area (Å²) >= 11 is 0. The highest BCUT2D eigenvalue weighted by Gasteiger charge is 2.23. The van der Waals surface area contributed by atoms with Crippen LogP contribution >= 0.6 is 0 Å². The average Bonchev–Trinajstić information content (AvgIpc) is 3.04. The van der Waals surface area contributed by atoms with E-state index in [2.05, 4.69) is 20.3 Å². The van der Waals surface area contributed by atoms with Gasteiger partial charge in [0.15, 0.2) is 0 Å². The molecule has 3 heterocycles. The van der Waals surface area contributed by atoms with Crippen molar-refractivity contribution in [2.24, 2.45) is 0 Å². The number of carbonyl (C=O) groups is 1. The number of anilines is 1. The summed E-state index contributed by atoms with van der Waals surface area (Å²) in [6.45, 7) is 5.60. The second-order valence-electron chi connectivity index (χ2n) is 7.73. The summed E-state index contributed by atoms with van der Waals surface area (Å²) < 4.78 is 15.0. The van der Waals surface area contributed by atoms with Gasteiger partial charge in [0.1, 0.15) is 11.6 Å². The molecule has 1 aliphatic heterocycles. The highest BCUT2D eigenvalue weighted by Crippen LogP contribution is 2.20. The van der Waals surface area contributed by atoms with E-state index in [0.717, 1.165) is 54.4 Å². The number of aryl methyl sites for hydroxylation is 1. The summed E-state index contributed by atoms with van der Waals surface area (Å²) in [5.74, 6) is 0.715. The van der Waals surface area contributed by atoms with Gasteiger partial charge in [0.2, 0.25) is 5.91 Å². The summed E-state index contributed by atoms with van der Waals surface area (Å²) in [7, 11) is 0. The van der Waals surface area contributed by atoms with Crippen LogP contribution in [0.5, 0.6) is 0 Å². The molecule has 0 spiro atoms. The lowest BCUT2D eigenvalue weighted by Gasteiger charge is -2.33. The maximum atomic E-state index is 13.2. The fourth-order valence-electron chi connectivity index (χ4n) is 4.00. The van der Waals surface area contributed by atoms with E-state index in [1.54, 1.807) is 23.0 Å². The van der Waals surface area contributed by atoms with Crippen LogP contribution in [0.4, 0.5) is 10.2 Å². The largest absolute Gasteiger partial charge is 0.356 e. The first-order chi connectivity index (χ1) is 14.5. The second-order valence-corrected chi connectivity index (χ2v) is 7.73. The van der Waals surface area contributed by atoms with Crippen molar-refractivity contribution in [2.75, 3.05) is 18.0 Å². The normalized spacial score (nSPS) is 14.7. The zero-order chi connectivity index (χ0) is 21.1. The van der Waals surface area contributed by atoms with Crippen LogP contribution in [-0.4, -0.2) is 39.8 Å². The van der Waals surface area contributed by atoms with Gasteiger partial charge < -0.3 is 10.2 Å². The third-order valence-electron chi connectivity index (χ3n) is 5.68. The van der Waals surface area contributed by atoms with Crippen molar-refractivity contribution in [3.63, 3.8) is 0 Å². The highest BCUT2D eigenvalue weighted by atomic mass is 19.1. The Balaban J connectivity index is 1.36. The minimum absolute atomic E-state index is 0.0103. The Bertz CT molecular complexity index is 1010. The van der Waals surface area contributed by atoms with Gasteiger partial charge in [-0.3, -0.25) is 4.79 Å². The Hall–Kier alpha value is -3.22. The quantitative estimate of drug-likeness (QED) is 0.705. The molecule has 0 saturated carbocycles. The molecule has 1 N–H and O–H groups in total. The van der Waals surface area contributed by atoms with Gasteiger partial charge in [-0.25, -0.2) is 14.1 Å². The van der Waals surface area contributed by atoms with E-state index in [-0.39, 0.29) is 17.8 Å². The standard InChI is InChI=1S/C23H26FN5O/c1-16-21(17(2)29(27-16)20-8-6-18(24)7-9-20)15-23(30)26-19-10-13-28(14-11-19)22-5-3-4-12-25-22/h3-9,12,19H,10-11,13-15H2,1-2H3,(H,26,30). The summed E-state index contributed by atoms with van der Waals surface area (Å²) in [4.78, 5) is 19.4. The first-order valence-corrected chi connectivity index (χ1v) is 10.3. The SMILES string of the molecule is Cc1nn(-c2ccc(F)cc2)c(C)c1CC(=O)NC1CCN(c2ccccn2)CC1. The highest BCUT2D eigenvalue weighted by molar-refractivity contribution is 5.79. The molecular formula is C23H26FN5O. The second kappa shape index (κ2) is 8.65. The van der Waals surface area contributed by atoms with Crippen LogP contribution < -0.4 is 10.2 Å². The van der Waals surface area contributed by atoms with Gasteiger partial charge in [-0.15, -0.1) is 0 Å². The summed E-state index contributed by atoms with van der Waals surface area (Å²) in [6.07, 6.45) is 3.89. The number of amides is 1. The number of pyridine rings is 1. The van der Waals surface area contributed by atoms with Gasteiger partial charge in [0.25, 0.3) is 0 Å². The molecule has 0 bridgehead atoms. The lowest BCUT2D eigenvalue weighted by atomic mass is 10.0. The van der Waals surface area contributed by atoms with E-state index in [4.69, 9.17) is 0 Å². The smallest absolute Gasteiger partial charge is 0.224 e. The Kier molecular flexibility index (Phi) is 5.79. The molecular weight excluding hydrogens is 381 g/mol. The van der Waals surface area contributed by atoms with E-state index < -0.39 is 0 Å². The van der Waals surface area contributed by atoms with Crippen LogP contribution in [0.2, 0.25) is 0 Å². The van der Waals surface area contributed by atoms with Crippen LogP contribution in [0.3, 0.4) is 0 Å². The molecule has 1 fully saturated rings. The molecule has 3 aromatic rings. The maximum Gasteiger partial charge on any atom is 0.224 e. The predicted octanol–water partition coefficient (Wildman–Crippen LogP) is 3.35. The maximum absolute atomic E-state index is 13.2. The van der Waals surface area contributed by atoms with E-state index >= 15 is 0 Å². The molecule has 7 heteroatoms. The molecule has 1 saturated heterocycles. The van der Waals surface area contributed by atoms with Gasteiger partial charge in [-0.1, -0.05) is 6.07 Å². The van der Waals surface area contributed by atoms with E-state index in [9.17, 15) is 9.18 Å². The molecule has 0 atom stereocenters. The predicted molar refractivity (Wildman–Crippen MR) is 114 cm³/mol. The number of carbonyl (C=O) groups excluding carboxylic acids is 1.